The van der Waals surface area contributed by atoms with Gasteiger partial charge in [-0.15, -0.1) is 0 Å². The molecule has 1 N–H and O–H groups in total. The Morgan fingerprint density at radius 2 is 1.97 bits per heavy atom. The van der Waals surface area contributed by atoms with E-state index in [1.165, 1.54) is 4.90 Å². The maximum absolute atomic E-state index is 13.0. The molecule has 0 saturated carbocycles. The third kappa shape index (κ3) is 4.43. The second kappa shape index (κ2) is 9.47. The van der Waals surface area contributed by atoms with E-state index in [1.807, 2.05) is 6.07 Å². The van der Waals surface area contributed by atoms with Crippen molar-refractivity contribution in [1.82, 2.24) is 14.5 Å². The van der Waals surface area contributed by atoms with Gasteiger partial charge in [0.15, 0.2) is 0 Å². The molecule has 9 heteroatoms. The SMILES string of the molecule is COCCn1c(C(C)N(C)C(=O)Nc2cccc(Cl)c2Cl)nc2ccccc2c1=O. The Balaban J connectivity index is 1.96. The number of aromatic nitrogens is 2. The molecule has 1 heterocycles. The van der Waals surface area contributed by atoms with Crippen molar-refractivity contribution in [3.05, 3.63) is 68.7 Å². The quantitative estimate of drug-likeness (QED) is 0.598. The van der Waals surface area contributed by atoms with Gasteiger partial charge in [0.1, 0.15) is 5.82 Å². The highest BCUT2D eigenvalue weighted by Crippen LogP contribution is 2.30. The number of para-hydroxylation sites is 1. The molecule has 2 amide bonds. The Kier molecular flexibility index (Phi) is 6.97. The largest absolute Gasteiger partial charge is 0.383 e. The van der Waals surface area contributed by atoms with Crippen molar-refractivity contribution in [3.63, 3.8) is 0 Å². The van der Waals surface area contributed by atoms with Crippen molar-refractivity contribution < 1.29 is 9.53 Å². The number of nitrogens with one attached hydrogen (secondary N) is 1. The average molecular weight is 449 g/mol. The first kappa shape index (κ1) is 22.1. The van der Waals surface area contributed by atoms with Crippen LogP contribution in [0.25, 0.3) is 10.9 Å². The molecule has 30 heavy (non-hydrogen) atoms. The van der Waals surface area contributed by atoms with Crippen LogP contribution in [0.5, 0.6) is 0 Å². The first-order valence-corrected chi connectivity index (χ1v) is 10.1. The van der Waals surface area contributed by atoms with Crippen LogP contribution in [-0.4, -0.2) is 41.2 Å². The number of rotatable bonds is 6. The third-order valence-corrected chi connectivity index (χ3v) is 5.70. The summed E-state index contributed by atoms with van der Waals surface area (Å²) in [5.41, 5.74) is 0.798. The highest BCUT2D eigenvalue weighted by atomic mass is 35.5. The van der Waals surface area contributed by atoms with Gasteiger partial charge in [0.05, 0.1) is 45.8 Å². The molecule has 0 saturated heterocycles. The van der Waals surface area contributed by atoms with Gasteiger partial charge >= 0.3 is 6.03 Å². The van der Waals surface area contributed by atoms with Crippen LogP contribution in [0, 0.1) is 0 Å². The number of amides is 2. The lowest BCUT2D eigenvalue weighted by Crippen LogP contribution is -2.38. The van der Waals surface area contributed by atoms with Gasteiger partial charge in [0, 0.05) is 14.2 Å². The number of carbonyl (C=O) groups excluding carboxylic acids is 1. The highest BCUT2D eigenvalue weighted by molar-refractivity contribution is 6.43. The second-order valence-corrected chi connectivity index (χ2v) is 7.54. The Bertz CT molecular complexity index is 1130. The van der Waals surface area contributed by atoms with Crippen LogP contribution in [0.3, 0.4) is 0 Å². The molecule has 158 valence electrons. The van der Waals surface area contributed by atoms with Crippen molar-refractivity contribution in [1.29, 1.82) is 0 Å². The molecule has 0 radical (unpaired) electrons. The van der Waals surface area contributed by atoms with Gasteiger partial charge in [-0.3, -0.25) is 9.36 Å². The Morgan fingerprint density at radius 3 is 2.70 bits per heavy atom. The van der Waals surface area contributed by atoms with Crippen molar-refractivity contribution in [2.75, 3.05) is 26.1 Å². The first-order chi connectivity index (χ1) is 14.3. The van der Waals surface area contributed by atoms with Crippen molar-refractivity contribution >= 4 is 45.8 Å². The van der Waals surface area contributed by atoms with Gasteiger partial charge in [-0.05, 0) is 31.2 Å². The van der Waals surface area contributed by atoms with E-state index in [0.717, 1.165) is 0 Å². The monoisotopic (exact) mass is 448 g/mol. The Labute approximate surface area is 184 Å². The summed E-state index contributed by atoms with van der Waals surface area (Å²) in [6.07, 6.45) is 0. The third-order valence-electron chi connectivity index (χ3n) is 4.88. The number of fused-ring (bicyclic) bond motifs is 1. The summed E-state index contributed by atoms with van der Waals surface area (Å²) in [7, 11) is 3.19. The van der Waals surface area contributed by atoms with E-state index in [2.05, 4.69) is 10.3 Å². The number of hydrogen-bond acceptors (Lipinski definition) is 4. The normalized spacial score (nSPS) is 12.0. The van der Waals surface area contributed by atoms with Crippen molar-refractivity contribution in [2.24, 2.45) is 0 Å². The molecule has 2 aromatic carbocycles. The lowest BCUT2D eigenvalue weighted by Gasteiger charge is -2.27. The summed E-state index contributed by atoms with van der Waals surface area (Å²) in [6, 6.07) is 11.2. The number of halogens is 2. The Hall–Kier alpha value is -2.61. The lowest BCUT2D eigenvalue weighted by atomic mass is 10.2. The van der Waals surface area contributed by atoms with Gasteiger partial charge in [-0.1, -0.05) is 41.4 Å². The van der Waals surface area contributed by atoms with E-state index in [4.69, 9.17) is 27.9 Å². The van der Waals surface area contributed by atoms with Gasteiger partial charge in [-0.25, -0.2) is 9.78 Å². The van der Waals surface area contributed by atoms with Gasteiger partial charge in [-0.2, -0.15) is 0 Å². The fraction of sp³-hybridized carbons (Fsp3) is 0.286. The second-order valence-electron chi connectivity index (χ2n) is 6.76. The number of benzene rings is 2. The molecule has 3 aromatic rings. The zero-order chi connectivity index (χ0) is 21.8. The minimum Gasteiger partial charge on any atom is -0.383 e. The lowest BCUT2D eigenvalue weighted by molar-refractivity contribution is 0.180. The minimum atomic E-state index is -0.503. The van der Waals surface area contributed by atoms with Gasteiger partial charge in [0.2, 0.25) is 0 Å². The van der Waals surface area contributed by atoms with Crippen molar-refractivity contribution in [2.45, 2.75) is 19.5 Å². The summed E-state index contributed by atoms with van der Waals surface area (Å²) in [5, 5.41) is 3.86. The standard InChI is InChI=1S/C21H22Cl2N4O3/c1-13(26(2)21(29)25-17-10-6-8-15(22)18(17)23)19-24-16-9-5-4-7-14(16)20(28)27(19)11-12-30-3/h4-10,13H,11-12H2,1-3H3,(H,25,29). The molecule has 0 aliphatic carbocycles. The van der Waals surface area contributed by atoms with Crippen LogP contribution in [0.4, 0.5) is 10.5 Å². The Morgan fingerprint density at radius 1 is 1.23 bits per heavy atom. The molecular weight excluding hydrogens is 427 g/mol. The summed E-state index contributed by atoms with van der Waals surface area (Å²) in [5.74, 6) is 0.464. The molecule has 0 fully saturated rings. The predicted octanol–water partition coefficient (Wildman–Crippen LogP) is 4.57. The van der Waals surface area contributed by atoms with E-state index in [1.54, 1.807) is 62.0 Å². The van der Waals surface area contributed by atoms with Gasteiger partial charge in [0.25, 0.3) is 5.56 Å². The van der Waals surface area contributed by atoms with E-state index in [0.29, 0.717) is 40.6 Å². The molecule has 1 aromatic heterocycles. The van der Waals surface area contributed by atoms with Crippen LogP contribution >= 0.6 is 23.2 Å². The molecule has 0 aliphatic rings. The number of anilines is 1. The van der Waals surface area contributed by atoms with Crippen LogP contribution < -0.4 is 10.9 Å². The zero-order valence-corrected chi connectivity index (χ0v) is 18.4. The van der Waals surface area contributed by atoms with E-state index >= 15 is 0 Å². The zero-order valence-electron chi connectivity index (χ0n) is 16.9. The molecular formula is C21H22Cl2N4O3. The molecule has 7 nitrogen and oxygen atoms in total. The number of hydrogen-bond donors (Lipinski definition) is 1. The molecule has 1 atom stereocenters. The maximum Gasteiger partial charge on any atom is 0.322 e. The van der Waals surface area contributed by atoms with Crippen molar-refractivity contribution in [3.8, 4) is 0 Å². The number of ether oxygens (including phenoxy) is 1. The van der Waals surface area contributed by atoms with Crippen LogP contribution in [0.2, 0.25) is 10.0 Å². The highest BCUT2D eigenvalue weighted by Gasteiger charge is 2.24. The molecule has 3 rings (SSSR count). The smallest absolute Gasteiger partial charge is 0.322 e. The minimum absolute atomic E-state index is 0.175. The summed E-state index contributed by atoms with van der Waals surface area (Å²) >= 11 is 12.2. The summed E-state index contributed by atoms with van der Waals surface area (Å²) in [6.45, 7) is 2.47. The van der Waals surface area contributed by atoms with Crippen LogP contribution in [0.15, 0.2) is 47.3 Å². The number of urea groups is 1. The summed E-state index contributed by atoms with van der Waals surface area (Å²) in [4.78, 5) is 32.0. The predicted molar refractivity (Wildman–Crippen MR) is 120 cm³/mol. The molecule has 0 spiro atoms. The molecule has 0 bridgehead atoms. The maximum atomic E-state index is 13.0. The number of methoxy groups -OCH3 is 1. The van der Waals surface area contributed by atoms with E-state index in [-0.39, 0.29) is 10.6 Å². The fourth-order valence-electron chi connectivity index (χ4n) is 3.06. The average Bonchev–Trinajstić information content (AvgIpc) is 2.75. The number of carbonyl (C=O) groups is 1. The molecule has 1 unspecified atom stereocenters. The van der Waals surface area contributed by atoms with E-state index in [9.17, 15) is 9.59 Å². The number of nitrogens with zero attached hydrogens (tertiary/aromatic N) is 3. The topological polar surface area (TPSA) is 76.5 Å². The first-order valence-electron chi connectivity index (χ1n) is 9.31. The van der Waals surface area contributed by atoms with Crippen LogP contribution in [0.1, 0.15) is 18.8 Å². The van der Waals surface area contributed by atoms with E-state index < -0.39 is 12.1 Å². The van der Waals surface area contributed by atoms with Crippen LogP contribution in [-0.2, 0) is 11.3 Å². The summed E-state index contributed by atoms with van der Waals surface area (Å²) < 4.78 is 6.70. The fourth-order valence-corrected chi connectivity index (χ4v) is 3.40. The molecule has 0 aliphatic heterocycles. The van der Waals surface area contributed by atoms with Gasteiger partial charge < -0.3 is 15.0 Å².